The molecule has 0 radical (unpaired) electrons. The van der Waals surface area contributed by atoms with E-state index in [4.69, 9.17) is 5.11 Å². The van der Waals surface area contributed by atoms with Crippen LogP contribution in [0.1, 0.15) is 0 Å². The van der Waals surface area contributed by atoms with Crippen molar-refractivity contribution in [2.45, 2.75) is 29.3 Å². The number of carbonyl (C=O) groups is 1. The molecule has 0 fully saturated rings. The van der Waals surface area contributed by atoms with Gasteiger partial charge in [-0.25, -0.2) is 0 Å². The van der Waals surface area contributed by atoms with Crippen LogP contribution < -0.4 is 0 Å². The fourth-order valence-electron chi connectivity index (χ4n) is 1.48. The monoisotopic (exact) mass is 320 g/mol. The normalized spacial score (nSPS) is 17.7. The molecule has 1 rings (SSSR count). The largest absolute Gasteiger partial charge is 0.394 e. The Balaban J connectivity index is 2.90. The molecular formula is C12H16O8S. The van der Waals surface area contributed by atoms with E-state index in [2.05, 4.69) is 4.18 Å². The maximum atomic E-state index is 11.9. The zero-order valence-corrected chi connectivity index (χ0v) is 11.6. The minimum absolute atomic E-state index is 0.0154. The molecule has 1 aromatic rings. The molecule has 0 heterocycles. The van der Waals surface area contributed by atoms with Gasteiger partial charge in [0.1, 0.15) is 18.3 Å². The fourth-order valence-corrected chi connectivity index (χ4v) is 2.53. The van der Waals surface area contributed by atoms with Gasteiger partial charge in [0.15, 0.2) is 12.4 Å². The van der Waals surface area contributed by atoms with E-state index in [1.807, 2.05) is 0 Å². The van der Waals surface area contributed by atoms with Gasteiger partial charge in [0.05, 0.1) is 11.5 Å². The molecule has 0 unspecified atom stereocenters. The smallest absolute Gasteiger partial charge is 0.297 e. The van der Waals surface area contributed by atoms with Crippen molar-refractivity contribution in [3.05, 3.63) is 30.3 Å². The van der Waals surface area contributed by atoms with Crippen LogP contribution in [-0.4, -0.2) is 66.2 Å². The third-order valence-corrected chi connectivity index (χ3v) is 4.00. The Labute approximate surface area is 121 Å². The number of hydrogen-bond acceptors (Lipinski definition) is 8. The van der Waals surface area contributed by atoms with Gasteiger partial charge in [-0.05, 0) is 12.1 Å². The van der Waals surface area contributed by atoms with Crippen molar-refractivity contribution in [2.75, 3.05) is 6.61 Å². The zero-order chi connectivity index (χ0) is 16.0. The highest BCUT2D eigenvalue weighted by molar-refractivity contribution is 7.86. The average Bonchev–Trinajstić information content (AvgIpc) is 2.51. The first kappa shape index (κ1) is 17.7. The van der Waals surface area contributed by atoms with Gasteiger partial charge < -0.3 is 25.2 Å². The lowest BCUT2D eigenvalue weighted by Crippen LogP contribution is -2.47. The van der Waals surface area contributed by atoms with E-state index >= 15 is 0 Å². The molecular weight excluding hydrogens is 304 g/mol. The minimum atomic E-state index is -4.33. The Kier molecular flexibility index (Phi) is 6.40. The molecule has 118 valence electrons. The second-order valence-corrected chi connectivity index (χ2v) is 5.77. The highest BCUT2D eigenvalue weighted by Gasteiger charge is 2.35. The van der Waals surface area contributed by atoms with Crippen LogP contribution in [0.15, 0.2) is 35.2 Å². The minimum Gasteiger partial charge on any atom is -0.394 e. The molecule has 0 bridgehead atoms. The second-order valence-electron chi connectivity index (χ2n) is 4.20. The maximum absolute atomic E-state index is 11.9. The number of aldehydes is 1. The SMILES string of the molecule is O=C[C@@H](OS(=O)(=O)c1ccccc1)[C@H](O)[C@H](O)[C@@H](O)CO. The van der Waals surface area contributed by atoms with Crippen molar-refractivity contribution < 1.29 is 37.8 Å². The summed E-state index contributed by atoms with van der Waals surface area (Å²) < 4.78 is 28.3. The summed E-state index contributed by atoms with van der Waals surface area (Å²) in [6, 6.07) is 6.90. The molecule has 21 heavy (non-hydrogen) atoms. The van der Waals surface area contributed by atoms with Gasteiger partial charge in [-0.15, -0.1) is 0 Å². The fraction of sp³-hybridized carbons (Fsp3) is 0.417. The topological polar surface area (TPSA) is 141 Å². The van der Waals surface area contributed by atoms with Crippen molar-refractivity contribution in [2.24, 2.45) is 0 Å². The molecule has 4 N–H and O–H groups in total. The molecule has 0 aromatic heterocycles. The predicted molar refractivity (Wildman–Crippen MR) is 69.7 cm³/mol. The van der Waals surface area contributed by atoms with E-state index in [9.17, 15) is 28.5 Å². The van der Waals surface area contributed by atoms with Crippen LogP contribution in [0.25, 0.3) is 0 Å². The molecule has 0 aliphatic rings. The van der Waals surface area contributed by atoms with Gasteiger partial charge in [-0.1, -0.05) is 18.2 Å². The van der Waals surface area contributed by atoms with Gasteiger partial charge >= 0.3 is 0 Å². The van der Waals surface area contributed by atoms with Crippen molar-refractivity contribution in [3.63, 3.8) is 0 Å². The van der Waals surface area contributed by atoms with E-state index in [-0.39, 0.29) is 11.2 Å². The van der Waals surface area contributed by atoms with Crippen LogP contribution in [-0.2, 0) is 19.1 Å². The van der Waals surface area contributed by atoms with Crippen molar-refractivity contribution in [3.8, 4) is 0 Å². The van der Waals surface area contributed by atoms with Crippen LogP contribution in [0, 0.1) is 0 Å². The number of carbonyl (C=O) groups excluding carboxylic acids is 1. The number of benzene rings is 1. The Bertz CT molecular complexity index is 544. The van der Waals surface area contributed by atoms with Crippen molar-refractivity contribution in [1.29, 1.82) is 0 Å². The highest BCUT2D eigenvalue weighted by atomic mass is 32.2. The molecule has 9 heteroatoms. The summed E-state index contributed by atoms with van der Waals surface area (Å²) >= 11 is 0. The van der Waals surface area contributed by atoms with Gasteiger partial charge in [0.2, 0.25) is 0 Å². The van der Waals surface area contributed by atoms with E-state index < -0.39 is 41.1 Å². The Morgan fingerprint density at radius 1 is 1.10 bits per heavy atom. The molecule has 0 aliphatic carbocycles. The van der Waals surface area contributed by atoms with E-state index in [0.29, 0.717) is 0 Å². The number of rotatable bonds is 8. The standard InChI is InChI=1S/C12H16O8S/c13-6-9(15)11(16)12(17)10(7-14)20-21(18,19)8-4-2-1-3-5-8/h1-5,7,9-13,15-17H,6H2/t9-,10+,11+,12-/m0/s1. The molecule has 0 amide bonds. The molecule has 0 spiro atoms. The summed E-state index contributed by atoms with van der Waals surface area (Å²) in [7, 11) is -4.33. The van der Waals surface area contributed by atoms with Crippen LogP contribution in [0.3, 0.4) is 0 Å². The maximum Gasteiger partial charge on any atom is 0.297 e. The van der Waals surface area contributed by atoms with Crippen molar-refractivity contribution in [1.82, 2.24) is 0 Å². The molecule has 4 atom stereocenters. The van der Waals surface area contributed by atoms with E-state index in [1.165, 1.54) is 24.3 Å². The van der Waals surface area contributed by atoms with Crippen LogP contribution >= 0.6 is 0 Å². The highest BCUT2D eigenvalue weighted by Crippen LogP contribution is 2.16. The first-order valence-electron chi connectivity index (χ1n) is 5.92. The molecule has 0 saturated heterocycles. The summed E-state index contributed by atoms with van der Waals surface area (Å²) in [5.74, 6) is 0. The Morgan fingerprint density at radius 3 is 2.14 bits per heavy atom. The van der Waals surface area contributed by atoms with E-state index in [1.54, 1.807) is 6.07 Å². The number of hydrogen-bond donors (Lipinski definition) is 4. The lowest BCUT2D eigenvalue weighted by molar-refractivity contribution is -0.132. The predicted octanol–water partition coefficient (Wildman–Crippen LogP) is -1.97. The number of aliphatic hydroxyl groups excluding tert-OH is 4. The molecule has 1 aromatic carbocycles. The van der Waals surface area contributed by atoms with Gasteiger partial charge in [0, 0.05) is 0 Å². The van der Waals surface area contributed by atoms with Crippen LogP contribution in [0.4, 0.5) is 0 Å². The zero-order valence-electron chi connectivity index (χ0n) is 10.8. The summed E-state index contributed by atoms with van der Waals surface area (Å²) in [5.41, 5.74) is 0. The average molecular weight is 320 g/mol. The van der Waals surface area contributed by atoms with Gasteiger partial charge in [-0.3, -0.25) is 4.18 Å². The quantitative estimate of drug-likeness (QED) is 0.319. The third kappa shape index (κ3) is 4.56. The summed E-state index contributed by atoms with van der Waals surface area (Å²) in [6.07, 6.45) is -7.66. The van der Waals surface area contributed by atoms with E-state index in [0.717, 1.165) is 0 Å². The van der Waals surface area contributed by atoms with Crippen molar-refractivity contribution >= 4 is 16.4 Å². The molecule has 8 nitrogen and oxygen atoms in total. The Hall–Kier alpha value is -1.36. The summed E-state index contributed by atoms with van der Waals surface area (Å²) in [4.78, 5) is 10.6. The lowest BCUT2D eigenvalue weighted by Gasteiger charge is -2.25. The number of aliphatic hydroxyl groups is 4. The summed E-state index contributed by atoms with van der Waals surface area (Å²) in [5, 5.41) is 36.9. The van der Waals surface area contributed by atoms with Gasteiger partial charge in [0.25, 0.3) is 10.1 Å². The Morgan fingerprint density at radius 2 is 1.67 bits per heavy atom. The first-order chi connectivity index (χ1) is 9.83. The van der Waals surface area contributed by atoms with Crippen LogP contribution in [0.2, 0.25) is 0 Å². The van der Waals surface area contributed by atoms with Gasteiger partial charge in [-0.2, -0.15) is 8.42 Å². The second kappa shape index (κ2) is 7.59. The summed E-state index contributed by atoms with van der Waals surface area (Å²) in [6.45, 7) is -0.880. The molecule has 0 saturated carbocycles. The lowest BCUT2D eigenvalue weighted by atomic mass is 10.0. The first-order valence-corrected chi connectivity index (χ1v) is 7.33. The van der Waals surface area contributed by atoms with Crippen LogP contribution in [0.5, 0.6) is 0 Å². The third-order valence-electron chi connectivity index (χ3n) is 2.67. The molecule has 0 aliphatic heterocycles.